The van der Waals surface area contributed by atoms with Crippen LogP contribution in [0, 0.1) is 0 Å². The van der Waals surface area contributed by atoms with Crippen LogP contribution in [0.4, 0.5) is 0 Å². The van der Waals surface area contributed by atoms with Crippen LogP contribution >= 0.6 is 11.8 Å². The van der Waals surface area contributed by atoms with Crippen molar-refractivity contribution in [2.75, 3.05) is 33.4 Å². The van der Waals surface area contributed by atoms with Gasteiger partial charge in [-0.2, -0.15) is 0 Å². The van der Waals surface area contributed by atoms with E-state index >= 15 is 0 Å². The second-order valence-electron chi connectivity index (χ2n) is 8.56. The molecule has 2 aromatic carbocycles. The summed E-state index contributed by atoms with van der Waals surface area (Å²) in [6.45, 7) is 2.38. The minimum Gasteiger partial charge on any atom is -0.383 e. The van der Waals surface area contributed by atoms with Gasteiger partial charge in [0.2, 0.25) is 0 Å². The van der Waals surface area contributed by atoms with Crippen molar-refractivity contribution < 1.29 is 14.3 Å². The normalized spacial score (nSPS) is 25.8. The molecule has 5 rings (SSSR count). The highest BCUT2D eigenvalue weighted by Gasteiger charge is 2.42. The van der Waals surface area contributed by atoms with Gasteiger partial charge in [0, 0.05) is 20.3 Å². The quantitative estimate of drug-likeness (QED) is 0.634. The standard InChI is InChI=1S/C26H30N4O3S/c1-32-16-14-30-23(19-11-6-3-7-12-19)29-24-21(25(30)31)22(18-9-4-2-5-10-18)28-26(34-24)27-17-20-13-8-15-33-20/h2-7,9-12,20,22-23,29H,8,13-17H2,1H3,(H,27,28)/t20-,22+,23-/m1/s1. The maximum absolute atomic E-state index is 14.0. The molecule has 0 spiro atoms. The molecule has 2 aromatic rings. The zero-order chi connectivity index (χ0) is 23.3. The predicted octanol–water partition coefficient (Wildman–Crippen LogP) is 3.59. The number of thioether (sulfide) groups is 1. The molecule has 1 saturated heterocycles. The number of carbonyl (C=O) groups excluding carboxylic acids is 1. The zero-order valence-corrected chi connectivity index (χ0v) is 20.1. The number of carbonyl (C=O) groups is 1. The number of aliphatic imine (C=N–C) groups is 1. The van der Waals surface area contributed by atoms with E-state index in [4.69, 9.17) is 14.5 Å². The third-order valence-electron chi connectivity index (χ3n) is 6.32. The molecule has 0 aromatic heterocycles. The van der Waals surface area contributed by atoms with E-state index in [9.17, 15) is 4.79 Å². The smallest absolute Gasteiger partial charge is 0.256 e. The number of nitrogens with one attached hydrogen (secondary N) is 2. The Morgan fingerprint density at radius 3 is 2.50 bits per heavy atom. The molecular formula is C26H30N4O3S. The summed E-state index contributed by atoms with van der Waals surface area (Å²) in [6, 6.07) is 19.9. The Labute approximate surface area is 204 Å². The average molecular weight is 479 g/mol. The van der Waals surface area contributed by atoms with Crippen LogP contribution in [-0.4, -0.2) is 55.5 Å². The largest absolute Gasteiger partial charge is 0.383 e. The molecule has 3 heterocycles. The van der Waals surface area contributed by atoms with Crippen molar-refractivity contribution in [2.24, 2.45) is 4.99 Å². The minimum absolute atomic E-state index is 0.00619. The Bertz CT molecular complexity index is 1050. The molecule has 3 aliphatic heterocycles. The molecule has 2 N–H and O–H groups in total. The van der Waals surface area contributed by atoms with E-state index in [0.29, 0.717) is 19.7 Å². The first-order valence-electron chi connectivity index (χ1n) is 11.8. The number of benzene rings is 2. The Morgan fingerprint density at radius 1 is 1.09 bits per heavy atom. The number of hydrogen-bond donors (Lipinski definition) is 2. The summed E-state index contributed by atoms with van der Waals surface area (Å²) in [5.74, 6) is 0.00619. The Balaban J connectivity index is 1.52. The number of methoxy groups -OCH3 is 1. The second-order valence-corrected chi connectivity index (χ2v) is 9.56. The van der Waals surface area contributed by atoms with Crippen molar-refractivity contribution >= 4 is 22.8 Å². The van der Waals surface area contributed by atoms with Crippen LogP contribution in [-0.2, 0) is 14.3 Å². The maximum atomic E-state index is 14.0. The van der Waals surface area contributed by atoms with Gasteiger partial charge < -0.3 is 25.0 Å². The predicted molar refractivity (Wildman–Crippen MR) is 134 cm³/mol. The molecule has 8 heteroatoms. The fourth-order valence-electron chi connectivity index (χ4n) is 4.58. The van der Waals surface area contributed by atoms with E-state index in [2.05, 4.69) is 10.6 Å². The van der Waals surface area contributed by atoms with Gasteiger partial charge in [0.25, 0.3) is 5.91 Å². The van der Waals surface area contributed by atoms with Gasteiger partial charge in [-0.05, 0) is 35.7 Å². The lowest BCUT2D eigenvalue weighted by Gasteiger charge is -2.43. The summed E-state index contributed by atoms with van der Waals surface area (Å²) in [6.07, 6.45) is 2.02. The SMILES string of the molecule is COCCN1C(=O)C2=C(N[C@H]1c1ccccc1)SC(=NC[C@H]1CCCO1)N[C@H]2c1ccccc1. The van der Waals surface area contributed by atoms with Crippen molar-refractivity contribution in [1.29, 1.82) is 0 Å². The molecule has 1 fully saturated rings. The molecule has 178 valence electrons. The van der Waals surface area contributed by atoms with Crippen molar-refractivity contribution in [1.82, 2.24) is 15.5 Å². The highest BCUT2D eigenvalue weighted by Crippen LogP contribution is 2.41. The summed E-state index contributed by atoms with van der Waals surface area (Å²) >= 11 is 1.50. The number of rotatable bonds is 7. The molecule has 3 atom stereocenters. The number of amides is 1. The topological polar surface area (TPSA) is 75.2 Å². The molecule has 34 heavy (non-hydrogen) atoms. The van der Waals surface area contributed by atoms with Gasteiger partial charge in [0.15, 0.2) is 5.17 Å². The third-order valence-corrected chi connectivity index (χ3v) is 7.30. The summed E-state index contributed by atoms with van der Waals surface area (Å²) in [5, 5.41) is 8.85. The van der Waals surface area contributed by atoms with Crippen LogP contribution in [0.25, 0.3) is 0 Å². The number of ether oxygens (including phenoxy) is 2. The molecule has 0 bridgehead atoms. The third kappa shape index (κ3) is 4.85. The number of nitrogens with zero attached hydrogens (tertiary/aromatic N) is 2. The first-order chi connectivity index (χ1) is 16.7. The van der Waals surface area contributed by atoms with E-state index < -0.39 is 0 Å². The highest BCUT2D eigenvalue weighted by molar-refractivity contribution is 8.17. The van der Waals surface area contributed by atoms with Gasteiger partial charge in [-0.15, -0.1) is 0 Å². The van der Waals surface area contributed by atoms with E-state index in [-0.39, 0.29) is 24.2 Å². The lowest BCUT2D eigenvalue weighted by molar-refractivity contribution is -0.132. The first-order valence-corrected chi connectivity index (χ1v) is 12.6. The van der Waals surface area contributed by atoms with Crippen LogP contribution in [0.2, 0.25) is 0 Å². The molecule has 3 aliphatic rings. The van der Waals surface area contributed by atoms with Crippen molar-refractivity contribution in [3.63, 3.8) is 0 Å². The monoisotopic (exact) mass is 478 g/mol. The highest BCUT2D eigenvalue weighted by atomic mass is 32.2. The summed E-state index contributed by atoms with van der Waals surface area (Å²) in [4.78, 5) is 20.7. The molecule has 0 unspecified atom stereocenters. The van der Waals surface area contributed by atoms with Gasteiger partial charge >= 0.3 is 0 Å². The molecule has 7 nitrogen and oxygen atoms in total. The van der Waals surface area contributed by atoms with Crippen LogP contribution in [0.1, 0.15) is 36.2 Å². The fourth-order valence-corrected chi connectivity index (χ4v) is 5.57. The van der Waals surface area contributed by atoms with E-state index in [1.807, 2.05) is 65.6 Å². The van der Waals surface area contributed by atoms with E-state index in [1.165, 1.54) is 11.8 Å². The first kappa shape index (κ1) is 23.0. The second kappa shape index (κ2) is 10.6. The van der Waals surface area contributed by atoms with E-state index in [0.717, 1.165) is 46.3 Å². The molecule has 0 radical (unpaired) electrons. The number of amidine groups is 1. The summed E-state index contributed by atoms with van der Waals surface area (Å²) in [7, 11) is 1.66. The van der Waals surface area contributed by atoms with Gasteiger partial charge in [-0.3, -0.25) is 9.79 Å². The fraction of sp³-hybridized carbons (Fsp3) is 0.385. The molecule has 0 saturated carbocycles. The van der Waals surface area contributed by atoms with Crippen molar-refractivity contribution in [3.05, 3.63) is 82.4 Å². The average Bonchev–Trinajstić information content (AvgIpc) is 3.41. The van der Waals surface area contributed by atoms with Gasteiger partial charge in [0.1, 0.15) is 6.17 Å². The maximum Gasteiger partial charge on any atom is 0.256 e. The van der Waals surface area contributed by atoms with Crippen molar-refractivity contribution in [3.8, 4) is 0 Å². The number of hydrogen-bond acceptors (Lipinski definition) is 6. The Hall–Kier alpha value is -2.81. The van der Waals surface area contributed by atoms with Crippen LogP contribution in [0.5, 0.6) is 0 Å². The van der Waals surface area contributed by atoms with E-state index in [1.54, 1.807) is 7.11 Å². The van der Waals surface area contributed by atoms with Crippen LogP contribution < -0.4 is 10.6 Å². The lowest BCUT2D eigenvalue weighted by Crippen LogP contribution is -2.52. The van der Waals surface area contributed by atoms with Gasteiger partial charge in [-0.25, -0.2) is 0 Å². The molecular weight excluding hydrogens is 448 g/mol. The molecule has 0 aliphatic carbocycles. The minimum atomic E-state index is -0.289. The summed E-state index contributed by atoms with van der Waals surface area (Å²) < 4.78 is 11.1. The summed E-state index contributed by atoms with van der Waals surface area (Å²) in [5.41, 5.74) is 2.78. The zero-order valence-electron chi connectivity index (χ0n) is 19.3. The Kier molecular flexibility index (Phi) is 7.18. The Morgan fingerprint density at radius 2 is 1.82 bits per heavy atom. The van der Waals surface area contributed by atoms with Gasteiger partial charge in [-0.1, -0.05) is 60.7 Å². The van der Waals surface area contributed by atoms with Crippen molar-refractivity contribution in [2.45, 2.75) is 31.2 Å². The molecule has 1 amide bonds. The van der Waals surface area contributed by atoms with Crippen LogP contribution in [0.15, 0.2) is 76.3 Å². The van der Waals surface area contributed by atoms with Gasteiger partial charge in [0.05, 0.1) is 35.9 Å². The van der Waals surface area contributed by atoms with Crippen LogP contribution in [0.3, 0.4) is 0 Å². The lowest BCUT2D eigenvalue weighted by atomic mass is 9.95.